The van der Waals surface area contributed by atoms with Gasteiger partial charge in [0.25, 0.3) is 0 Å². The number of nitrogens with zero attached hydrogens (tertiary/aromatic N) is 2. The molecule has 1 fully saturated rings. The first-order valence-electron chi connectivity index (χ1n) is 10.5. The molecule has 1 unspecified atom stereocenters. The molecule has 1 aromatic heterocycles. The number of nitrogens with one attached hydrogen (secondary N) is 1. The molecule has 2 atom stereocenters. The fraction of sp³-hybridized carbons (Fsp3) is 0.391. The van der Waals surface area contributed by atoms with E-state index >= 15 is 0 Å². The summed E-state index contributed by atoms with van der Waals surface area (Å²) in [6.45, 7) is 3.97. The van der Waals surface area contributed by atoms with Crippen LogP contribution in [-0.2, 0) is 0 Å². The van der Waals surface area contributed by atoms with Gasteiger partial charge in [-0.2, -0.15) is 0 Å². The number of halogens is 3. The zero-order valence-electron chi connectivity index (χ0n) is 17.7. The number of anilines is 2. The normalized spacial score (nSPS) is 19.2. The number of aromatic nitrogens is 2. The molecule has 0 aliphatic heterocycles. The molecular weight excluding hydrogens is 423 g/mol. The van der Waals surface area contributed by atoms with Crippen molar-refractivity contribution in [1.29, 1.82) is 0 Å². The molecule has 170 valence electrons. The van der Waals surface area contributed by atoms with Gasteiger partial charge in [-0.1, -0.05) is 19.8 Å². The number of hydrogen-bond acceptors (Lipinski definition) is 4. The predicted octanol–water partition coefficient (Wildman–Crippen LogP) is 6.44. The van der Waals surface area contributed by atoms with Gasteiger partial charge >= 0.3 is 12.3 Å². The van der Waals surface area contributed by atoms with E-state index in [1.54, 1.807) is 13.0 Å². The Balaban J connectivity index is 1.73. The predicted molar refractivity (Wildman–Crippen MR) is 115 cm³/mol. The van der Waals surface area contributed by atoms with E-state index in [9.17, 15) is 23.1 Å². The summed E-state index contributed by atoms with van der Waals surface area (Å²) in [5.74, 6) is -0.234. The highest BCUT2D eigenvalue weighted by Crippen LogP contribution is 2.38. The van der Waals surface area contributed by atoms with E-state index in [4.69, 9.17) is 0 Å². The van der Waals surface area contributed by atoms with Crippen LogP contribution in [0.1, 0.15) is 54.6 Å². The number of rotatable bonds is 5. The Morgan fingerprint density at radius 1 is 1.22 bits per heavy atom. The van der Waals surface area contributed by atoms with Crippen LogP contribution >= 0.6 is 0 Å². The van der Waals surface area contributed by atoms with E-state index in [1.807, 2.05) is 6.07 Å². The van der Waals surface area contributed by atoms with Crippen LogP contribution < -0.4 is 10.1 Å². The third-order valence-corrected chi connectivity index (χ3v) is 5.88. The topological polar surface area (TPSA) is 76.4 Å². The van der Waals surface area contributed by atoms with Gasteiger partial charge in [-0.25, -0.2) is 9.78 Å². The molecule has 0 spiro atoms. The van der Waals surface area contributed by atoms with Crippen LogP contribution in [0, 0.1) is 12.8 Å². The molecule has 0 saturated heterocycles. The molecule has 1 aliphatic carbocycles. The average Bonchev–Trinajstić information content (AvgIpc) is 3.04. The fourth-order valence-corrected chi connectivity index (χ4v) is 4.44. The zero-order chi connectivity index (χ0) is 23.0. The molecule has 1 heterocycles. The summed E-state index contributed by atoms with van der Waals surface area (Å²) in [7, 11) is 0. The van der Waals surface area contributed by atoms with Crippen LogP contribution in [0.25, 0.3) is 11.0 Å². The summed E-state index contributed by atoms with van der Waals surface area (Å²) in [4.78, 5) is 16.2. The van der Waals surface area contributed by atoms with Crippen molar-refractivity contribution >= 4 is 28.6 Å². The fourth-order valence-electron chi connectivity index (χ4n) is 4.44. The standard InChI is InChI=1S/C23H24F3N3O3/c1-13-4-3-5-16(10-13)29-20-11-14(2)18(21(30)31)12-19(20)28-22(29)27-15-6-8-17(9-7-15)32-23(24,25)26/h6-9,11-13,16H,3-5,10H2,1-2H3,(H,27,28)(H,30,31)/t13-,16?/m1/s1. The molecule has 0 amide bonds. The maximum atomic E-state index is 12.4. The first-order valence-corrected chi connectivity index (χ1v) is 10.5. The van der Waals surface area contributed by atoms with E-state index in [1.165, 1.54) is 24.3 Å². The van der Waals surface area contributed by atoms with Crippen molar-refractivity contribution < 1.29 is 27.8 Å². The maximum Gasteiger partial charge on any atom is 0.573 e. The second kappa shape index (κ2) is 8.37. The quantitative estimate of drug-likeness (QED) is 0.471. The van der Waals surface area contributed by atoms with Crippen LogP contribution in [0.15, 0.2) is 36.4 Å². The highest BCUT2D eigenvalue weighted by Gasteiger charge is 2.31. The highest BCUT2D eigenvalue weighted by atomic mass is 19.4. The van der Waals surface area contributed by atoms with Crippen LogP contribution in [-0.4, -0.2) is 27.0 Å². The first-order chi connectivity index (χ1) is 15.1. The smallest absolute Gasteiger partial charge is 0.478 e. The van der Waals surface area contributed by atoms with E-state index < -0.39 is 12.3 Å². The molecule has 32 heavy (non-hydrogen) atoms. The van der Waals surface area contributed by atoms with Gasteiger partial charge in [0.2, 0.25) is 5.95 Å². The number of carboxylic acid groups (broad SMARTS) is 1. The summed E-state index contributed by atoms with van der Waals surface area (Å²) in [6.07, 6.45) is -0.559. The van der Waals surface area contributed by atoms with Gasteiger partial charge in [-0.05, 0) is 67.6 Å². The monoisotopic (exact) mass is 447 g/mol. The minimum absolute atomic E-state index is 0.189. The van der Waals surface area contributed by atoms with E-state index in [0.29, 0.717) is 28.6 Å². The number of benzene rings is 2. The Labute approximate surface area is 183 Å². The molecule has 9 heteroatoms. The van der Waals surface area contributed by atoms with E-state index in [2.05, 4.69) is 26.5 Å². The Morgan fingerprint density at radius 2 is 1.94 bits per heavy atom. The molecule has 4 rings (SSSR count). The SMILES string of the molecule is Cc1cc2c(cc1C(=O)O)nc(Nc1ccc(OC(F)(F)F)cc1)n2C1CCC[C@@H](C)C1. The van der Waals surface area contributed by atoms with Crippen molar-refractivity contribution in [2.24, 2.45) is 5.92 Å². The minimum Gasteiger partial charge on any atom is -0.478 e. The number of alkyl halides is 3. The van der Waals surface area contributed by atoms with Crippen LogP contribution in [0.2, 0.25) is 0 Å². The molecule has 2 N–H and O–H groups in total. The lowest BCUT2D eigenvalue weighted by molar-refractivity contribution is -0.274. The Bertz CT molecular complexity index is 1140. The molecule has 2 aromatic carbocycles. The number of aromatic carboxylic acids is 1. The maximum absolute atomic E-state index is 12.4. The van der Waals surface area contributed by atoms with Crippen molar-refractivity contribution in [3.05, 3.63) is 47.5 Å². The number of imidazole rings is 1. The van der Waals surface area contributed by atoms with Gasteiger partial charge in [0, 0.05) is 11.7 Å². The number of carboxylic acids is 1. The van der Waals surface area contributed by atoms with Crippen molar-refractivity contribution in [3.8, 4) is 5.75 Å². The molecular formula is C23H24F3N3O3. The molecule has 0 bridgehead atoms. The number of fused-ring (bicyclic) bond motifs is 1. The highest BCUT2D eigenvalue weighted by molar-refractivity contribution is 5.95. The second-order valence-corrected chi connectivity index (χ2v) is 8.39. The lowest BCUT2D eigenvalue weighted by atomic mass is 9.87. The molecule has 3 aromatic rings. The first kappa shape index (κ1) is 22.0. The van der Waals surface area contributed by atoms with Gasteiger partial charge < -0.3 is 19.7 Å². The van der Waals surface area contributed by atoms with Crippen molar-refractivity contribution in [2.75, 3.05) is 5.32 Å². The second-order valence-electron chi connectivity index (χ2n) is 8.39. The number of carbonyl (C=O) groups is 1. The summed E-state index contributed by atoms with van der Waals surface area (Å²) < 4.78 is 43.3. The summed E-state index contributed by atoms with van der Waals surface area (Å²) in [5, 5.41) is 12.7. The van der Waals surface area contributed by atoms with E-state index in [0.717, 1.165) is 31.2 Å². The largest absolute Gasteiger partial charge is 0.573 e. The zero-order valence-corrected chi connectivity index (χ0v) is 17.7. The van der Waals surface area contributed by atoms with Gasteiger partial charge in [-0.15, -0.1) is 13.2 Å². The van der Waals surface area contributed by atoms with Gasteiger partial charge in [-0.3, -0.25) is 0 Å². The van der Waals surface area contributed by atoms with Crippen LogP contribution in [0.3, 0.4) is 0 Å². The Kier molecular flexibility index (Phi) is 5.75. The third kappa shape index (κ3) is 4.66. The summed E-state index contributed by atoms with van der Waals surface area (Å²) in [6, 6.07) is 9.05. The molecule has 1 saturated carbocycles. The van der Waals surface area contributed by atoms with Crippen molar-refractivity contribution in [3.63, 3.8) is 0 Å². The number of hydrogen-bond donors (Lipinski definition) is 2. The lowest BCUT2D eigenvalue weighted by Gasteiger charge is -2.29. The summed E-state index contributed by atoms with van der Waals surface area (Å²) >= 11 is 0. The van der Waals surface area contributed by atoms with Crippen molar-refractivity contribution in [2.45, 2.75) is 51.9 Å². The molecule has 1 aliphatic rings. The molecule has 0 radical (unpaired) electrons. The van der Waals surface area contributed by atoms with Crippen LogP contribution in [0.5, 0.6) is 5.75 Å². The van der Waals surface area contributed by atoms with Crippen LogP contribution in [0.4, 0.5) is 24.8 Å². The minimum atomic E-state index is -4.75. The number of aryl methyl sites for hydroxylation is 1. The Hall–Kier alpha value is -3.23. The van der Waals surface area contributed by atoms with Gasteiger partial charge in [0.05, 0.1) is 16.6 Å². The van der Waals surface area contributed by atoms with E-state index in [-0.39, 0.29) is 17.4 Å². The third-order valence-electron chi connectivity index (χ3n) is 5.88. The average molecular weight is 447 g/mol. The lowest BCUT2D eigenvalue weighted by Crippen LogP contribution is -2.19. The summed E-state index contributed by atoms with van der Waals surface area (Å²) in [5.41, 5.74) is 2.79. The van der Waals surface area contributed by atoms with Crippen molar-refractivity contribution in [1.82, 2.24) is 9.55 Å². The molecule has 6 nitrogen and oxygen atoms in total. The van der Waals surface area contributed by atoms with Gasteiger partial charge in [0.15, 0.2) is 0 Å². The number of ether oxygens (including phenoxy) is 1. The Morgan fingerprint density at radius 3 is 2.56 bits per heavy atom. The van der Waals surface area contributed by atoms with Gasteiger partial charge in [0.1, 0.15) is 5.75 Å².